The molecule has 1 aromatic carbocycles. The molecule has 2 aliphatic heterocycles. The highest BCUT2D eigenvalue weighted by Crippen LogP contribution is 2.38. The molecular formula is C21H30N4O. The van der Waals surface area contributed by atoms with Crippen LogP contribution in [0.4, 0.5) is 0 Å². The van der Waals surface area contributed by atoms with Crippen molar-refractivity contribution in [1.29, 1.82) is 0 Å². The maximum Gasteiger partial charge on any atom is 0.0648 e. The predicted molar refractivity (Wildman–Crippen MR) is 103 cm³/mol. The molecule has 0 amide bonds. The number of rotatable bonds is 3. The first-order chi connectivity index (χ1) is 12.5. The molecular weight excluding hydrogens is 324 g/mol. The Bertz CT molecular complexity index is 758. The molecule has 2 aliphatic rings. The first-order valence-electron chi connectivity index (χ1n) is 9.74. The van der Waals surface area contributed by atoms with E-state index in [4.69, 9.17) is 0 Å². The molecule has 0 bridgehead atoms. The van der Waals surface area contributed by atoms with Gasteiger partial charge < -0.3 is 10.0 Å². The first-order valence-corrected chi connectivity index (χ1v) is 9.74. The summed E-state index contributed by atoms with van der Waals surface area (Å²) < 4.78 is 1.96. The molecule has 1 aromatic heterocycles. The van der Waals surface area contributed by atoms with Crippen molar-refractivity contribution in [2.45, 2.75) is 38.8 Å². The molecule has 5 heteroatoms. The first kappa shape index (κ1) is 17.7. The maximum atomic E-state index is 10.7. The zero-order valence-corrected chi connectivity index (χ0v) is 15.9. The van der Waals surface area contributed by atoms with Crippen LogP contribution in [0.3, 0.4) is 0 Å². The SMILES string of the molecule is Cc1cccc(-n2cc(CN3CCC[C@]4(CN(C)CC[C@@H]4O)C3)cn2)c1. The Morgan fingerprint density at radius 1 is 1.27 bits per heavy atom. The van der Waals surface area contributed by atoms with E-state index >= 15 is 0 Å². The minimum Gasteiger partial charge on any atom is -0.392 e. The third-order valence-corrected chi connectivity index (χ3v) is 6.07. The fraction of sp³-hybridized carbons (Fsp3) is 0.571. The van der Waals surface area contributed by atoms with Gasteiger partial charge in [-0.2, -0.15) is 5.10 Å². The number of aliphatic hydroxyl groups is 1. The lowest BCUT2D eigenvalue weighted by atomic mass is 9.71. The number of hydrogen-bond acceptors (Lipinski definition) is 4. The molecule has 0 unspecified atom stereocenters. The van der Waals surface area contributed by atoms with Crippen molar-refractivity contribution in [2.75, 3.05) is 33.2 Å². The van der Waals surface area contributed by atoms with Crippen molar-refractivity contribution in [3.05, 3.63) is 47.8 Å². The van der Waals surface area contributed by atoms with E-state index in [0.717, 1.165) is 57.7 Å². The molecule has 2 aromatic rings. The van der Waals surface area contributed by atoms with Gasteiger partial charge in [0.25, 0.3) is 0 Å². The van der Waals surface area contributed by atoms with Gasteiger partial charge in [0.1, 0.15) is 0 Å². The summed E-state index contributed by atoms with van der Waals surface area (Å²) in [6.07, 6.45) is 7.15. The highest BCUT2D eigenvalue weighted by atomic mass is 16.3. The Hall–Kier alpha value is -1.69. The minimum absolute atomic E-state index is 0.0395. The van der Waals surface area contributed by atoms with Gasteiger partial charge in [0, 0.05) is 43.4 Å². The summed E-state index contributed by atoms with van der Waals surface area (Å²) in [6.45, 7) is 7.11. The zero-order chi connectivity index (χ0) is 18.1. The van der Waals surface area contributed by atoms with Gasteiger partial charge in [0.15, 0.2) is 0 Å². The third-order valence-electron chi connectivity index (χ3n) is 6.07. The lowest BCUT2D eigenvalue weighted by molar-refractivity contribution is -0.0807. The summed E-state index contributed by atoms with van der Waals surface area (Å²) in [5.41, 5.74) is 3.63. The third kappa shape index (κ3) is 3.56. The van der Waals surface area contributed by atoms with Gasteiger partial charge in [-0.05, 0) is 57.5 Å². The molecule has 2 fully saturated rings. The van der Waals surface area contributed by atoms with E-state index in [1.165, 1.54) is 11.1 Å². The molecule has 0 saturated carbocycles. The van der Waals surface area contributed by atoms with Gasteiger partial charge in [-0.15, -0.1) is 0 Å². The smallest absolute Gasteiger partial charge is 0.0648 e. The van der Waals surface area contributed by atoms with E-state index in [-0.39, 0.29) is 11.5 Å². The Labute approximate surface area is 156 Å². The van der Waals surface area contributed by atoms with E-state index < -0.39 is 0 Å². The minimum atomic E-state index is -0.170. The van der Waals surface area contributed by atoms with Gasteiger partial charge in [-0.1, -0.05) is 12.1 Å². The Morgan fingerprint density at radius 3 is 3.00 bits per heavy atom. The molecule has 3 heterocycles. The van der Waals surface area contributed by atoms with Gasteiger partial charge in [-0.25, -0.2) is 4.68 Å². The van der Waals surface area contributed by atoms with Crippen molar-refractivity contribution in [3.8, 4) is 5.69 Å². The van der Waals surface area contributed by atoms with Gasteiger partial charge in [0.05, 0.1) is 18.0 Å². The van der Waals surface area contributed by atoms with Crippen molar-refractivity contribution in [1.82, 2.24) is 19.6 Å². The van der Waals surface area contributed by atoms with Crippen LogP contribution in [-0.4, -0.2) is 64.0 Å². The molecule has 140 valence electrons. The molecule has 1 N–H and O–H groups in total. The molecule has 5 nitrogen and oxygen atoms in total. The average Bonchev–Trinajstić information content (AvgIpc) is 3.07. The monoisotopic (exact) mass is 354 g/mol. The fourth-order valence-corrected chi connectivity index (χ4v) is 4.78. The topological polar surface area (TPSA) is 44.5 Å². The van der Waals surface area contributed by atoms with Crippen molar-refractivity contribution in [2.24, 2.45) is 5.41 Å². The number of aromatic nitrogens is 2. The lowest BCUT2D eigenvalue weighted by Crippen LogP contribution is -2.58. The Kier molecular flexibility index (Phi) is 4.86. The summed E-state index contributed by atoms with van der Waals surface area (Å²) in [6, 6.07) is 8.42. The molecule has 0 radical (unpaired) electrons. The van der Waals surface area contributed by atoms with Crippen LogP contribution < -0.4 is 0 Å². The second kappa shape index (κ2) is 7.14. The number of piperidine rings is 2. The second-order valence-electron chi connectivity index (χ2n) is 8.35. The van der Waals surface area contributed by atoms with Gasteiger partial charge in [-0.3, -0.25) is 4.90 Å². The fourth-order valence-electron chi connectivity index (χ4n) is 4.78. The van der Waals surface area contributed by atoms with Crippen LogP contribution in [0.5, 0.6) is 0 Å². The van der Waals surface area contributed by atoms with Crippen molar-refractivity contribution < 1.29 is 5.11 Å². The number of benzene rings is 1. The Morgan fingerprint density at radius 2 is 2.15 bits per heavy atom. The quantitative estimate of drug-likeness (QED) is 0.920. The lowest BCUT2D eigenvalue weighted by Gasteiger charge is -2.50. The largest absolute Gasteiger partial charge is 0.392 e. The van der Waals surface area contributed by atoms with Crippen LogP contribution in [0, 0.1) is 12.3 Å². The second-order valence-corrected chi connectivity index (χ2v) is 8.35. The summed E-state index contributed by atoms with van der Waals surface area (Å²) in [4.78, 5) is 4.88. The van der Waals surface area contributed by atoms with Crippen molar-refractivity contribution in [3.63, 3.8) is 0 Å². The van der Waals surface area contributed by atoms with E-state index in [1.54, 1.807) is 0 Å². The number of likely N-dealkylation sites (tertiary alicyclic amines) is 2. The highest BCUT2D eigenvalue weighted by Gasteiger charge is 2.44. The van der Waals surface area contributed by atoms with Gasteiger partial charge in [0.2, 0.25) is 0 Å². The number of aliphatic hydroxyl groups excluding tert-OH is 1. The standard InChI is InChI=1S/C21H30N4O/c1-17-5-3-6-19(11-17)25-14-18(12-22-25)13-24-9-4-8-21(16-24)15-23(2)10-7-20(21)26/h3,5-6,11-12,14,20,26H,4,7-10,13,15-16H2,1-2H3/t20-,21-/m0/s1. The number of hydrogen-bond donors (Lipinski definition) is 1. The van der Waals surface area contributed by atoms with Crippen LogP contribution in [0.25, 0.3) is 5.69 Å². The molecule has 4 rings (SSSR count). The predicted octanol–water partition coefficient (Wildman–Crippen LogP) is 2.46. The van der Waals surface area contributed by atoms with Gasteiger partial charge >= 0.3 is 0 Å². The van der Waals surface area contributed by atoms with Crippen LogP contribution >= 0.6 is 0 Å². The highest BCUT2D eigenvalue weighted by molar-refractivity contribution is 5.35. The van der Waals surface area contributed by atoms with Crippen LogP contribution in [0.2, 0.25) is 0 Å². The van der Waals surface area contributed by atoms with Crippen LogP contribution in [0.15, 0.2) is 36.7 Å². The molecule has 2 atom stereocenters. The van der Waals surface area contributed by atoms with E-state index in [9.17, 15) is 5.11 Å². The molecule has 0 aliphatic carbocycles. The molecule has 26 heavy (non-hydrogen) atoms. The normalized spacial score (nSPS) is 27.9. The summed E-state index contributed by atoms with van der Waals surface area (Å²) in [5.74, 6) is 0. The van der Waals surface area contributed by atoms with E-state index in [1.807, 2.05) is 10.9 Å². The van der Waals surface area contributed by atoms with E-state index in [0.29, 0.717) is 0 Å². The number of aryl methyl sites for hydroxylation is 1. The maximum absolute atomic E-state index is 10.7. The summed E-state index contributed by atoms with van der Waals surface area (Å²) in [7, 11) is 2.18. The van der Waals surface area contributed by atoms with Crippen LogP contribution in [0.1, 0.15) is 30.4 Å². The van der Waals surface area contributed by atoms with Crippen molar-refractivity contribution >= 4 is 0 Å². The zero-order valence-electron chi connectivity index (χ0n) is 15.9. The Balaban J connectivity index is 1.46. The summed E-state index contributed by atoms with van der Waals surface area (Å²) in [5, 5.41) is 15.3. The average molecular weight is 354 g/mol. The molecule has 1 spiro atoms. The van der Waals surface area contributed by atoms with E-state index in [2.05, 4.69) is 59.3 Å². The summed E-state index contributed by atoms with van der Waals surface area (Å²) >= 11 is 0. The molecule has 2 saturated heterocycles. The van der Waals surface area contributed by atoms with Crippen LogP contribution in [-0.2, 0) is 6.54 Å². The number of nitrogens with zero attached hydrogens (tertiary/aromatic N) is 4.